The summed E-state index contributed by atoms with van der Waals surface area (Å²) in [4.78, 5) is 2.71. The van der Waals surface area contributed by atoms with Crippen molar-refractivity contribution in [3.05, 3.63) is 28.2 Å². The summed E-state index contributed by atoms with van der Waals surface area (Å²) in [5.74, 6) is 0. The molecule has 0 amide bonds. The Balaban J connectivity index is 0.00000169. The van der Waals surface area contributed by atoms with Crippen molar-refractivity contribution in [1.82, 2.24) is 0 Å². The van der Waals surface area contributed by atoms with Gasteiger partial charge in [0.25, 0.3) is 0 Å². The zero-order chi connectivity index (χ0) is 10.1. The molecule has 2 N–H and O–H groups in total. The van der Waals surface area contributed by atoms with Gasteiger partial charge in [-0.05, 0) is 12.1 Å². The van der Waals surface area contributed by atoms with Gasteiger partial charge >= 0.3 is 5.69 Å². The van der Waals surface area contributed by atoms with Crippen molar-refractivity contribution in [2.75, 3.05) is 0 Å². The third-order valence-electron chi connectivity index (χ3n) is 1.36. The van der Waals surface area contributed by atoms with E-state index < -0.39 is 10.0 Å². The lowest BCUT2D eigenvalue weighted by atomic mass is 10.3. The van der Waals surface area contributed by atoms with E-state index in [1.807, 2.05) is 0 Å². The quantitative estimate of drug-likeness (QED) is 0.617. The fourth-order valence-electron chi connectivity index (χ4n) is 0.746. The number of nitrogens with two attached hydrogens (primary N) is 1. The molecule has 0 aliphatic heterocycles. The molecule has 0 spiro atoms. The van der Waals surface area contributed by atoms with Gasteiger partial charge in [0.1, 0.15) is 5.02 Å². The second kappa shape index (κ2) is 4.57. The van der Waals surface area contributed by atoms with Crippen molar-refractivity contribution in [1.29, 1.82) is 5.39 Å². The average Bonchev–Trinajstić information content (AvgIpc) is 2.02. The molecule has 76 valence electrons. The number of rotatable bonds is 1. The Kier molecular flexibility index (Phi) is 4.29. The van der Waals surface area contributed by atoms with E-state index in [2.05, 4.69) is 4.98 Å². The lowest BCUT2D eigenvalue weighted by Crippen LogP contribution is -3.00. The maximum atomic E-state index is 10.8. The number of hydrogen-bond acceptors (Lipinski definition) is 3. The molecular formula is C6H5Cl2N3O2S. The fraction of sp³-hybridized carbons (Fsp3) is 0. The van der Waals surface area contributed by atoms with E-state index in [-0.39, 0.29) is 28.0 Å². The normalized spacial score (nSPS) is 10.1. The van der Waals surface area contributed by atoms with Crippen LogP contribution in [-0.2, 0) is 10.0 Å². The molecule has 1 aromatic rings. The van der Waals surface area contributed by atoms with E-state index in [0.29, 0.717) is 0 Å². The lowest BCUT2D eigenvalue weighted by Gasteiger charge is -1.94. The predicted molar refractivity (Wildman–Crippen MR) is 47.6 cm³/mol. The molecule has 1 aromatic carbocycles. The maximum Gasteiger partial charge on any atom is 0.403 e. The molecule has 0 saturated heterocycles. The molecule has 0 aromatic heterocycles. The number of benzene rings is 1. The highest BCUT2D eigenvalue weighted by atomic mass is 35.5. The van der Waals surface area contributed by atoms with Crippen molar-refractivity contribution >= 4 is 27.3 Å². The van der Waals surface area contributed by atoms with Gasteiger partial charge in [0.2, 0.25) is 15.4 Å². The topological polar surface area (TPSA) is 88.3 Å². The Morgan fingerprint density at radius 2 is 2.00 bits per heavy atom. The van der Waals surface area contributed by atoms with Crippen molar-refractivity contribution in [3.8, 4) is 0 Å². The van der Waals surface area contributed by atoms with Crippen LogP contribution in [-0.4, -0.2) is 8.42 Å². The summed E-state index contributed by atoms with van der Waals surface area (Å²) in [6.07, 6.45) is 0. The molecular weight excluding hydrogens is 249 g/mol. The van der Waals surface area contributed by atoms with Crippen LogP contribution in [0.1, 0.15) is 0 Å². The monoisotopic (exact) mass is 253 g/mol. The van der Waals surface area contributed by atoms with E-state index >= 15 is 0 Å². The van der Waals surface area contributed by atoms with E-state index in [0.717, 1.165) is 6.07 Å². The highest BCUT2D eigenvalue weighted by Gasteiger charge is 2.16. The van der Waals surface area contributed by atoms with Gasteiger partial charge in [0.15, 0.2) is 4.98 Å². The van der Waals surface area contributed by atoms with E-state index in [9.17, 15) is 8.42 Å². The molecule has 0 heterocycles. The lowest BCUT2D eigenvalue weighted by molar-refractivity contribution is -0.00000542. The van der Waals surface area contributed by atoms with Gasteiger partial charge in [0, 0.05) is 6.07 Å². The average molecular weight is 254 g/mol. The number of sulfonamides is 1. The highest BCUT2D eigenvalue weighted by molar-refractivity contribution is 7.89. The first-order chi connectivity index (χ1) is 5.95. The van der Waals surface area contributed by atoms with Crippen LogP contribution >= 0.6 is 11.6 Å². The Labute approximate surface area is 91.9 Å². The summed E-state index contributed by atoms with van der Waals surface area (Å²) >= 11 is 5.56. The molecule has 0 aliphatic carbocycles. The molecule has 5 nitrogen and oxygen atoms in total. The molecule has 8 heteroatoms. The SMILES string of the molecule is N#[N+]c1ccc(S(N)(=O)=O)cc1Cl.[Cl-]. The van der Waals surface area contributed by atoms with Crippen LogP contribution in [0.25, 0.3) is 4.98 Å². The van der Waals surface area contributed by atoms with Crippen molar-refractivity contribution in [2.45, 2.75) is 4.90 Å². The second-order valence-corrected chi connectivity index (χ2v) is 4.23. The van der Waals surface area contributed by atoms with Crippen LogP contribution < -0.4 is 17.5 Å². The number of nitrogens with zero attached hydrogens (tertiary/aromatic N) is 2. The van der Waals surface area contributed by atoms with E-state index in [1.165, 1.54) is 12.1 Å². The van der Waals surface area contributed by atoms with Crippen LogP contribution in [0.15, 0.2) is 23.1 Å². The zero-order valence-electron chi connectivity index (χ0n) is 6.68. The minimum atomic E-state index is -3.76. The molecule has 0 bridgehead atoms. The minimum absolute atomic E-state index is 0. The van der Waals surface area contributed by atoms with Crippen LogP contribution in [0.5, 0.6) is 0 Å². The molecule has 0 radical (unpaired) electrons. The molecule has 1 rings (SSSR count). The molecule has 0 unspecified atom stereocenters. The van der Waals surface area contributed by atoms with Crippen LogP contribution in [0.4, 0.5) is 5.69 Å². The first-order valence-corrected chi connectivity index (χ1v) is 5.05. The summed E-state index contributed by atoms with van der Waals surface area (Å²) in [6, 6.07) is 3.57. The number of primary sulfonamides is 1. The van der Waals surface area contributed by atoms with Gasteiger partial charge in [-0.25, -0.2) is 13.6 Å². The van der Waals surface area contributed by atoms with Crippen molar-refractivity contribution < 1.29 is 20.8 Å². The minimum Gasteiger partial charge on any atom is -1.00 e. The summed E-state index contributed by atoms with van der Waals surface area (Å²) in [5.41, 5.74) is 0.0917. The summed E-state index contributed by atoms with van der Waals surface area (Å²) < 4.78 is 21.6. The molecule has 0 saturated carbocycles. The molecule has 0 atom stereocenters. The number of halogens is 2. The smallest absolute Gasteiger partial charge is 0.403 e. The largest absolute Gasteiger partial charge is 1.00 e. The first-order valence-electron chi connectivity index (χ1n) is 3.12. The standard InChI is InChI=1S/C6H5ClN3O2S.ClH/c7-5-3-4(13(9,11)12)1-2-6(5)10-8;/h1-3H,(H2,9,11,12);1H/q+1;/p-1. The van der Waals surface area contributed by atoms with Crippen LogP contribution in [0, 0.1) is 5.39 Å². The summed E-state index contributed by atoms with van der Waals surface area (Å²) in [6.45, 7) is 0. The predicted octanol–water partition coefficient (Wildman–Crippen LogP) is -1.52. The summed E-state index contributed by atoms with van der Waals surface area (Å²) in [5, 5.41) is 13.2. The van der Waals surface area contributed by atoms with E-state index in [4.69, 9.17) is 22.1 Å². The highest BCUT2D eigenvalue weighted by Crippen LogP contribution is 2.26. The Morgan fingerprint density at radius 3 is 2.36 bits per heavy atom. The third kappa shape index (κ3) is 2.82. The van der Waals surface area contributed by atoms with E-state index in [1.54, 1.807) is 0 Å². The molecule has 0 aliphatic rings. The Morgan fingerprint density at radius 1 is 1.43 bits per heavy atom. The van der Waals surface area contributed by atoms with Gasteiger partial charge in [-0.1, -0.05) is 11.6 Å². The molecule has 0 fully saturated rings. The Bertz CT molecular complexity index is 480. The molecule has 14 heavy (non-hydrogen) atoms. The summed E-state index contributed by atoms with van der Waals surface area (Å²) in [7, 11) is -3.76. The first kappa shape index (κ1) is 13.1. The second-order valence-electron chi connectivity index (χ2n) is 2.26. The van der Waals surface area contributed by atoms with Gasteiger partial charge in [-0.15, -0.1) is 0 Å². The van der Waals surface area contributed by atoms with Crippen molar-refractivity contribution in [2.24, 2.45) is 5.14 Å². The maximum absolute atomic E-state index is 10.8. The number of hydrogen-bond donors (Lipinski definition) is 1. The van der Waals surface area contributed by atoms with Crippen molar-refractivity contribution in [3.63, 3.8) is 0 Å². The fourth-order valence-corrected chi connectivity index (χ4v) is 1.57. The third-order valence-corrected chi connectivity index (χ3v) is 2.57. The van der Waals surface area contributed by atoms with Gasteiger partial charge in [-0.2, -0.15) is 0 Å². The van der Waals surface area contributed by atoms with Gasteiger partial charge in [-0.3, -0.25) is 0 Å². The zero-order valence-corrected chi connectivity index (χ0v) is 9.01. The van der Waals surface area contributed by atoms with Gasteiger partial charge in [0.05, 0.1) is 4.90 Å². The van der Waals surface area contributed by atoms with Crippen LogP contribution in [0.3, 0.4) is 0 Å². The Hall–Kier alpha value is -0.870. The van der Waals surface area contributed by atoms with Crippen LogP contribution in [0.2, 0.25) is 5.02 Å². The van der Waals surface area contributed by atoms with Gasteiger partial charge < -0.3 is 12.4 Å². The number of diazo groups is 1.